The van der Waals surface area contributed by atoms with E-state index >= 15 is 0 Å². The maximum Gasteiger partial charge on any atom is 0.258 e. The number of hydrogen-bond acceptors (Lipinski definition) is 7. The number of carbonyl (C=O) groups excluding carboxylic acids is 2. The molecule has 0 spiro atoms. The Hall–Kier alpha value is -2.26. The van der Waals surface area contributed by atoms with Crippen LogP contribution in [0.4, 0.5) is 0 Å². The Labute approximate surface area is 199 Å². The van der Waals surface area contributed by atoms with Gasteiger partial charge >= 0.3 is 0 Å². The van der Waals surface area contributed by atoms with Crippen molar-refractivity contribution in [2.45, 2.75) is 89.6 Å². The highest BCUT2D eigenvalue weighted by Gasteiger charge is 2.66. The summed E-state index contributed by atoms with van der Waals surface area (Å²) in [5.41, 5.74) is -1.16. The molecule has 0 radical (unpaired) electrons. The molecule has 8 heteroatoms. The van der Waals surface area contributed by atoms with Crippen molar-refractivity contribution in [3.8, 4) is 0 Å². The summed E-state index contributed by atoms with van der Waals surface area (Å²) in [4.78, 5) is 27.7. The number of hydrogen-bond donors (Lipinski definition) is 3. The molecule has 1 saturated heterocycles. The first-order valence-corrected chi connectivity index (χ1v) is 12.1. The second-order valence-electron chi connectivity index (χ2n) is 10.4. The van der Waals surface area contributed by atoms with E-state index in [1.807, 2.05) is 26.8 Å². The minimum atomic E-state index is -1.64. The topological polar surface area (TPSA) is 117 Å². The van der Waals surface area contributed by atoms with Gasteiger partial charge in [-0.3, -0.25) is 14.5 Å². The summed E-state index contributed by atoms with van der Waals surface area (Å²) >= 11 is 0. The van der Waals surface area contributed by atoms with Gasteiger partial charge in [0, 0.05) is 24.0 Å². The van der Waals surface area contributed by atoms with E-state index in [2.05, 4.69) is 0 Å². The second-order valence-corrected chi connectivity index (χ2v) is 10.4. The van der Waals surface area contributed by atoms with Crippen LogP contribution in [0.1, 0.15) is 53.9 Å². The van der Waals surface area contributed by atoms with Gasteiger partial charge in [-0.1, -0.05) is 25.5 Å². The zero-order valence-electron chi connectivity index (χ0n) is 20.2. The molecule has 8 nitrogen and oxygen atoms in total. The molecule has 0 aromatic carbocycles. The van der Waals surface area contributed by atoms with Crippen LogP contribution in [-0.2, 0) is 19.1 Å². The van der Waals surface area contributed by atoms with Crippen LogP contribution >= 0.6 is 0 Å². The smallest absolute Gasteiger partial charge is 0.258 e. The SMILES string of the molecule is CC[C@@]12C=C(C)[C@@H]3[C@@H](C)[C@H](O[C@H]4CC[C@@H](O)[C@@H](C)O4)C4=CC(=O)C=C(N1C(=O)C(C)=C2O)[C@@]43O. The number of nitrogens with zero attached hydrogens (tertiary/aromatic N) is 1. The standard InChI is InChI=1S/C26H33NO7/c1-6-25-11-12(2)21-13(3)22(34-20-8-7-18(29)15(5)33-20)17-9-16(28)10-19(26(17,21)32)27(25)24(31)14(4)23(25)30/h9-11,13,15,18,20-22,29-30,32H,6-8H2,1-5H3/t13-,15-,18-,20+,21-,22+,25+,26+/m1/s1. The van der Waals surface area contributed by atoms with Gasteiger partial charge in [-0.05, 0) is 45.6 Å². The Bertz CT molecular complexity index is 1090. The first-order chi connectivity index (χ1) is 16.0. The van der Waals surface area contributed by atoms with Crippen LogP contribution in [0.3, 0.4) is 0 Å². The summed E-state index contributed by atoms with van der Waals surface area (Å²) in [7, 11) is 0. The molecule has 5 aliphatic rings. The highest BCUT2D eigenvalue weighted by Crippen LogP contribution is 2.59. The molecular formula is C26H33NO7. The van der Waals surface area contributed by atoms with Gasteiger partial charge in [0.1, 0.15) is 16.9 Å². The first kappa shape index (κ1) is 23.5. The summed E-state index contributed by atoms with van der Waals surface area (Å²) in [6.07, 6.45) is 3.89. The lowest BCUT2D eigenvalue weighted by atomic mass is 9.76. The van der Waals surface area contributed by atoms with Gasteiger partial charge in [0.15, 0.2) is 12.1 Å². The minimum absolute atomic E-state index is 0.0454. The Kier molecular flexibility index (Phi) is 5.26. The minimum Gasteiger partial charge on any atom is -0.509 e. The Morgan fingerprint density at radius 1 is 1.21 bits per heavy atom. The molecule has 3 N–H and O–H groups in total. The maximum absolute atomic E-state index is 13.4. The van der Waals surface area contributed by atoms with E-state index < -0.39 is 41.5 Å². The van der Waals surface area contributed by atoms with Gasteiger partial charge < -0.3 is 24.8 Å². The number of aliphatic hydroxyl groups is 3. The van der Waals surface area contributed by atoms with Gasteiger partial charge in [-0.2, -0.15) is 0 Å². The lowest BCUT2D eigenvalue weighted by Gasteiger charge is -2.43. The Morgan fingerprint density at radius 2 is 1.91 bits per heavy atom. The third kappa shape index (κ3) is 2.86. The number of carbonyl (C=O) groups is 2. The second kappa shape index (κ2) is 7.62. The summed E-state index contributed by atoms with van der Waals surface area (Å²) in [6, 6.07) is 0. The molecule has 0 aromatic heterocycles. The Balaban J connectivity index is 1.63. The van der Waals surface area contributed by atoms with Crippen LogP contribution < -0.4 is 0 Å². The van der Waals surface area contributed by atoms with E-state index in [0.717, 1.165) is 5.57 Å². The van der Waals surface area contributed by atoms with Crippen molar-refractivity contribution in [2.75, 3.05) is 0 Å². The van der Waals surface area contributed by atoms with Crippen molar-refractivity contribution < 1.29 is 34.4 Å². The molecule has 8 atom stereocenters. The quantitative estimate of drug-likeness (QED) is 0.541. The van der Waals surface area contributed by atoms with Crippen molar-refractivity contribution in [1.29, 1.82) is 0 Å². The molecule has 0 unspecified atom stereocenters. The fourth-order valence-corrected chi connectivity index (χ4v) is 6.79. The fourth-order valence-electron chi connectivity index (χ4n) is 6.79. The average molecular weight is 472 g/mol. The number of ketones is 1. The lowest BCUT2D eigenvalue weighted by molar-refractivity contribution is -0.233. The van der Waals surface area contributed by atoms with Crippen molar-refractivity contribution in [2.24, 2.45) is 11.8 Å². The summed E-state index contributed by atoms with van der Waals surface area (Å²) in [5, 5.41) is 33.4. The van der Waals surface area contributed by atoms with Gasteiger partial charge in [0.25, 0.3) is 5.91 Å². The van der Waals surface area contributed by atoms with Gasteiger partial charge in [-0.25, -0.2) is 0 Å². The molecule has 34 heavy (non-hydrogen) atoms. The van der Waals surface area contributed by atoms with Crippen LogP contribution in [0.2, 0.25) is 0 Å². The first-order valence-electron chi connectivity index (χ1n) is 12.1. The van der Waals surface area contributed by atoms with Gasteiger partial charge in [-0.15, -0.1) is 0 Å². The molecule has 1 amide bonds. The summed E-state index contributed by atoms with van der Waals surface area (Å²) in [6.45, 7) is 9.09. The van der Waals surface area contributed by atoms with Crippen molar-refractivity contribution in [3.05, 3.63) is 46.4 Å². The number of allylic oxidation sites excluding steroid dienone is 2. The molecule has 1 saturated carbocycles. The third-order valence-corrected chi connectivity index (χ3v) is 8.50. The summed E-state index contributed by atoms with van der Waals surface area (Å²) < 4.78 is 12.2. The zero-order valence-corrected chi connectivity index (χ0v) is 20.2. The monoisotopic (exact) mass is 471 g/mol. The largest absolute Gasteiger partial charge is 0.509 e. The highest BCUT2D eigenvalue weighted by molar-refractivity contribution is 6.05. The van der Waals surface area contributed by atoms with Crippen molar-refractivity contribution in [3.63, 3.8) is 0 Å². The van der Waals surface area contributed by atoms with Crippen LogP contribution in [0.15, 0.2) is 46.4 Å². The molecule has 2 aliphatic carbocycles. The number of ether oxygens (including phenoxy) is 2. The molecule has 184 valence electrons. The summed E-state index contributed by atoms with van der Waals surface area (Å²) in [5.74, 6) is -1.52. The van der Waals surface area contributed by atoms with E-state index in [1.165, 1.54) is 17.1 Å². The maximum atomic E-state index is 13.4. The zero-order chi connectivity index (χ0) is 24.7. The normalized spacial score (nSPS) is 43.9. The van der Waals surface area contributed by atoms with E-state index in [1.54, 1.807) is 13.8 Å². The predicted octanol–water partition coefficient (Wildman–Crippen LogP) is 2.43. The van der Waals surface area contributed by atoms with Gasteiger partial charge in [0.05, 0.1) is 29.6 Å². The molecular weight excluding hydrogens is 438 g/mol. The molecule has 2 fully saturated rings. The third-order valence-electron chi connectivity index (χ3n) is 8.50. The average Bonchev–Trinajstić information content (AvgIpc) is 3.06. The molecule has 3 heterocycles. The number of fused-ring (bicyclic) bond motifs is 2. The Morgan fingerprint density at radius 3 is 2.56 bits per heavy atom. The van der Waals surface area contributed by atoms with Crippen molar-refractivity contribution in [1.82, 2.24) is 4.90 Å². The van der Waals surface area contributed by atoms with Crippen molar-refractivity contribution >= 4 is 11.7 Å². The molecule has 0 bridgehead atoms. The van der Waals surface area contributed by atoms with Crippen LogP contribution in [0.5, 0.6) is 0 Å². The van der Waals surface area contributed by atoms with Gasteiger partial charge in [0.2, 0.25) is 0 Å². The highest BCUT2D eigenvalue weighted by atomic mass is 16.7. The van der Waals surface area contributed by atoms with Crippen LogP contribution in [0.25, 0.3) is 0 Å². The number of aliphatic hydroxyl groups excluding tert-OH is 2. The van der Waals surface area contributed by atoms with E-state index in [-0.39, 0.29) is 34.8 Å². The number of rotatable bonds is 3. The molecule has 5 rings (SSSR count). The number of amides is 1. The lowest BCUT2D eigenvalue weighted by Crippen LogP contribution is -2.53. The van der Waals surface area contributed by atoms with E-state index in [4.69, 9.17) is 9.47 Å². The van der Waals surface area contributed by atoms with Crippen LogP contribution in [-0.4, -0.2) is 67.7 Å². The predicted molar refractivity (Wildman–Crippen MR) is 122 cm³/mol. The van der Waals surface area contributed by atoms with E-state index in [0.29, 0.717) is 24.8 Å². The van der Waals surface area contributed by atoms with E-state index in [9.17, 15) is 24.9 Å². The fraction of sp³-hybridized carbons (Fsp3) is 0.615. The van der Waals surface area contributed by atoms with Crippen LogP contribution in [0, 0.1) is 11.8 Å². The molecule has 3 aliphatic heterocycles. The molecule has 0 aromatic rings.